The Balaban J connectivity index is 1.74. The molecule has 2 aromatic rings. The van der Waals surface area contributed by atoms with Gasteiger partial charge in [0, 0.05) is 51.9 Å². The SMILES string of the molecule is C[S@](=O)c1ccc(C(=O)Nc2cccc(N3CCCC3=O)c2)cc1. The molecule has 0 bridgehead atoms. The third-order valence-electron chi connectivity index (χ3n) is 3.94. The summed E-state index contributed by atoms with van der Waals surface area (Å²) in [5, 5.41) is 2.83. The van der Waals surface area contributed by atoms with Crippen LogP contribution in [0.5, 0.6) is 0 Å². The summed E-state index contributed by atoms with van der Waals surface area (Å²) < 4.78 is 11.4. The first kappa shape index (κ1) is 16.4. The number of hydrogen-bond acceptors (Lipinski definition) is 3. The van der Waals surface area contributed by atoms with Crippen molar-refractivity contribution in [1.82, 2.24) is 0 Å². The number of amides is 2. The number of carbonyl (C=O) groups excluding carboxylic acids is 2. The maximum Gasteiger partial charge on any atom is 0.255 e. The summed E-state index contributed by atoms with van der Waals surface area (Å²) in [6.45, 7) is 0.714. The first-order chi connectivity index (χ1) is 11.5. The van der Waals surface area contributed by atoms with E-state index in [2.05, 4.69) is 5.32 Å². The van der Waals surface area contributed by atoms with Crippen LogP contribution in [-0.4, -0.2) is 28.8 Å². The predicted molar refractivity (Wildman–Crippen MR) is 94.8 cm³/mol. The number of benzene rings is 2. The van der Waals surface area contributed by atoms with Gasteiger partial charge in [-0.2, -0.15) is 0 Å². The van der Waals surface area contributed by atoms with Gasteiger partial charge >= 0.3 is 0 Å². The molecule has 1 aliphatic heterocycles. The lowest BCUT2D eigenvalue weighted by Crippen LogP contribution is -2.23. The van der Waals surface area contributed by atoms with Crippen LogP contribution in [0.1, 0.15) is 23.2 Å². The average Bonchev–Trinajstić information content (AvgIpc) is 3.01. The maximum atomic E-state index is 12.3. The van der Waals surface area contributed by atoms with Crippen LogP contribution in [0.3, 0.4) is 0 Å². The molecule has 1 heterocycles. The predicted octanol–water partition coefficient (Wildman–Crippen LogP) is 2.80. The standard InChI is InChI=1S/C18H18N2O3S/c1-24(23)16-9-7-13(8-10-16)18(22)19-14-4-2-5-15(12-14)20-11-3-6-17(20)21/h2,4-5,7-10,12H,3,6,11H2,1H3,(H,19,22)/t24-/m0/s1. The topological polar surface area (TPSA) is 66.5 Å². The molecule has 0 aliphatic carbocycles. The third-order valence-corrected chi connectivity index (χ3v) is 4.87. The van der Waals surface area contributed by atoms with Crippen molar-refractivity contribution in [2.75, 3.05) is 23.0 Å². The van der Waals surface area contributed by atoms with Gasteiger partial charge in [0.05, 0.1) is 0 Å². The second-order valence-corrected chi connectivity index (χ2v) is 7.01. The Labute approximate surface area is 143 Å². The molecule has 0 saturated carbocycles. The van der Waals surface area contributed by atoms with Gasteiger partial charge in [0.1, 0.15) is 0 Å². The summed E-state index contributed by atoms with van der Waals surface area (Å²) >= 11 is 0. The van der Waals surface area contributed by atoms with Crippen LogP contribution in [0.4, 0.5) is 11.4 Å². The summed E-state index contributed by atoms with van der Waals surface area (Å²) in [5.74, 6) is -0.130. The summed E-state index contributed by atoms with van der Waals surface area (Å²) in [5.41, 5.74) is 1.93. The van der Waals surface area contributed by atoms with Crippen molar-refractivity contribution >= 4 is 34.0 Å². The molecule has 1 fully saturated rings. The molecular weight excluding hydrogens is 324 g/mol. The molecule has 1 N–H and O–H groups in total. The van der Waals surface area contributed by atoms with Gasteiger partial charge in [-0.05, 0) is 48.9 Å². The second kappa shape index (κ2) is 6.97. The number of anilines is 2. The van der Waals surface area contributed by atoms with E-state index in [0.717, 1.165) is 12.1 Å². The summed E-state index contributed by atoms with van der Waals surface area (Å²) in [6.07, 6.45) is 3.03. The van der Waals surface area contributed by atoms with Crippen LogP contribution < -0.4 is 10.2 Å². The average molecular weight is 342 g/mol. The van der Waals surface area contributed by atoms with Gasteiger partial charge in [-0.15, -0.1) is 0 Å². The number of rotatable bonds is 4. The molecule has 0 unspecified atom stereocenters. The lowest BCUT2D eigenvalue weighted by molar-refractivity contribution is -0.117. The third kappa shape index (κ3) is 3.54. The minimum absolute atomic E-state index is 0.113. The van der Waals surface area contributed by atoms with E-state index in [4.69, 9.17) is 0 Å². The van der Waals surface area contributed by atoms with Gasteiger partial charge in [0.25, 0.3) is 5.91 Å². The molecule has 1 saturated heterocycles. The van der Waals surface area contributed by atoms with E-state index >= 15 is 0 Å². The van der Waals surface area contributed by atoms with E-state index in [1.54, 1.807) is 47.6 Å². The monoisotopic (exact) mass is 342 g/mol. The number of hydrogen-bond donors (Lipinski definition) is 1. The number of nitrogens with one attached hydrogen (secondary N) is 1. The number of carbonyl (C=O) groups is 2. The molecule has 24 heavy (non-hydrogen) atoms. The Hall–Kier alpha value is -2.47. The normalized spacial score (nSPS) is 15.4. The zero-order chi connectivity index (χ0) is 17.1. The molecule has 0 aromatic heterocycles. The van der Waals surface area contributed by atoms with Gasteiger partial charge in [0.2, 0.25) is 5.91 Å². The minimum Gasteiger partial charge on any atom is -0.322 e. The Kier molecular flexibility index (Phi) is 4.76. The van der Waals surface area contributed by atoms with E-state index < -0.39 is 10.8 Å². The molecule has 124 valence electrons. The quantitative estimate of drug-likeness (QED) is 0.929. The van der Waals surface area contributed by atoms with Crippen molar-refractivity contribution < 1.29 is 13.8 Å². The first-order valence-electron chi connectivity index (χ1n) is 7.70. The van der Waals surface area contributed by atoms with Crippen molar-refractivity contribution in [1.29, 1.82) is 0 Å². The van der Waals surface area contributed by atoms with Gasteiger partial charge in [-0.3, -0.25) is 13.8 Å². The maximum absolute atomic E-state index is 12.3. The van der Waals surface area contributed by atoms with Gasteiger partial charge in [0.15, 0.2) is 0 Å². The largest absolute Gasteiger partial charge is 0.322 e. The van der Waals surface area contributed by atoms with Crippen LogP contribution in [-0.2, 0) is 15.6 Å². The molecule has 2 aromatic carbocycles. The highest BCUT2D eigenvalue weighted by atomic mass is 32.2. The Morgan fingerprint density at radius 1 is 1.17 bits per heavy atom. The first-order valence-corrected chi connectivity index (χ1v) is 9.26. The number of nitrogens with zero attached hydrogens (tertiary/aromatic N) is 1. The van der Waals surface area contributed by atoms with Crippen LogP contribution in [0.2, 0.25) is 0 Å². The molecule has 6 heteroatoms. The van der Waals surface area contributed by atoms with Crippen LogP contribution >= 0.6 is 0 Å². The smallest absolute Gasteiger partial charge is 0.255 e. The van der Waals surface area contributed by atoms with Gasteiger partial charge in [-0.1, -0.05) is 6.07 Å². The summed E-state index contributed by atoms with van der Waals surface area (Å²) in [6, 6.07) is 14.0. The van der Waals surface area contributed by atoms with Crippen LogP contribution in [0, 0.1) is 0 Å². The van der Waals surface area contributed by atoms with E-state index in [1.807, 2.05) is 12.1 Å². The highest BCUT2D eigenvalue weighted by Crippen LogP contribution is 2.24. The fourth-order valence-corrected chi connectivity index (χ4v) is 3.19. The Morgan fingerprint density at radius 3 is 2.54 bits per heavy atom. The van der Waals surface area contributed by atoms with Crippen molar-refractivity contribution in [3.8, 4) is 0 Å². The van der Waals surface area contributed by atoms with Crippen molar-refractivity contribution in [3.63, 3.8) is 0 Å². The fraction of sp³-hybridized carbons (Fsp3) is 0.222. The Bertz CT molecular complexity index is 802. The second-order valence-electron chi connectivity index (χ2n) is 5.63. The minimum atomic E-state index is -1.07. The van der Waals surface area contributed by atoms with Gasteiger partial charge in [-0.25, -0.2) is 0 Å². The van der Waals surface area contributed by atoms with E-state index in [0.29, 0.717) is 29.1 Å². The molecule has 1 atom stereocenters. The molecule has 2 amide bonds. The summed E-state index contributed by atoms with van der Waals surface area (Å²) in [4.78, 5) is 26.6. The van der Waals surface area contributed by atoms with E-state index in [1.165, 1.54) is 0 Å². The molecule has 5 nitrogen and oxygen atoms in total. The van der Waals surface area contributed by atoms with Crippen LogP contribution in [0.15, 0.2) is 53.4 Å². The van der Waals surface area contributed by atoms with E-state index in [9.17, 15) is 13.8 Å². The Morgan fingerprint density at radius 2 is 1.92 bits per heavy atom. The fourth-order valence-electron chi connectivity index (χ4n) is 2.67. The lowest BCUT2D eigenvalue weighted by atomic mass is 10.2. The van der Waals surface area contributed by atoms with Gasteiger partial charge < -0.3 is 10.2 Å². The molecular formula is C18H18N2O3S. The van der Waals surface area contributed by atoms with Crippen molar-refractivity contribution in [2.24, 2.45) is 0 Å². The molecule has 0 spiro atoms. The molecule has 1 aliphatic rings. The highest BCUT2D eigenvalue weighted by molar-refractivity contribution is 7.84. The molecule has 3 rings (SSSR count). The zero-order valence-electron chi connectivity index (χ0n) is 13.3. The molecule has 0 radical (unpaired) electrons. The summed E-state index contributed by atoms with van der Waals surface area (Å²) in [7, 11) is -1.07. The lowest BCUT2D eigenvalue weighted by Gasteiger charge is -2.16. The zero-order valence-corrected chi connectivity index (χ0v) is 14.1. The highest BCUT2D eigenvalue weighted by Gasteiger charge is 2.21. The van der Waals surface area contributed by atoms with Crippen molar-refractivity contribution in [3.05, 3.63) is 54.1 Å². The van der Waals surface area contributed by atoms with Crippen LogP contribution in [0.25, 0.3) is 0 Å². The van der Waals surface area contributed by atoms with Crippen molar-refractivity contribution in [2.45, 2.75) is 17.7 Å². The van der Waals surface area contributed by atoms with E-state index in [-0.39, 0.29) is 11.8 Å².